The van der Waals surface area contributed by atoms with E-state index < -0.39 is 0 Å². The fraction of sp³-hybridized carbons (Fsp3) is 1.00. The van der Waals surface area contributed by atoms with Crippen LogP contribution >= 0.6 is 0 Å². The quantitative estimate of drug-likeness (QED) is 0.433. The third-order valence-electron chi connectivity index (χ3n) is 3.26. The number of hydrogen-bond acceptors (Lipinski definition) is 4. The van der Waals surface area contributed by atoms with Crippen LogP contribution < -0.4 is 0 Å². The molecule has 0 saturated carbocycles. The molecule has 2 heterocycles. The number of hydrogen-bond donors (Lipinski definition) is 0. The molecule has 0 aromatic carbocycles. The first kappa shape index (κ1) is 13.3. The van der Waals surface area contributed by atoms with Crippen molar-refractivity contribution in [3.8, 4) is 0 Å². The summed E-state index contributed by atoms with van der Waals surface area (Å²) < 4.78 is 21.3. The predicted molar refractivity (Wildman–Crippen MR) is 64.1 cm³/mol. The fourth-order valence-electron chi connectivity index (χ4n) is 1.58. The number of ether oxygens (including phenoxy) is 4. The molecule has 0 aliphatic carbocycles. The lowest BCUT2D eigenvalue weighted by molar-refractivity contribution is 0.0621. The van der Waals surface area contributed by atoms with E-state index in [0.717, 1.165) is 52.5 Å². The Morgan fingerprint density at radius 2 is 1.35 bits per heavy atom. The summed E-state index contributed by atoms with van der Waals surface area (Å²) in [5, 5.41) is 0. The molecule has 2 saturated heterocycles. The second-order valence-corrected chi connectivity index (χ2v) is 5.72. The van der Waals surface area contributed by atoms with E-state index in [1.165, 1.54) is 0 Å². The Morgan fingerprint density at radius 1 is 0.941 bits per heavy atom. The van der Waals surface area contributed by atoms with E-state index in [-0.39, 0.29) is 5.41 Å². The maximum absolute atomic E-state index is 5.56. The van der Waals surface area contributed by atoms with Crippen LogP contribution in [0.4, 0.5) is 0 Å². The highest BCUT2D eigenvalue weighted by molar-refractivity contribution is 4.71. The minimum absolute atomic E-state index is 0.287. The third-order valence-corrected chi connectivity index (χ3v) is 3.26. The van der Waals surface area contributed by atoms with Gasteiger partial charge < -0.3 is 18.9 Å². The Morgan fingerprint density at radius 3 is 1.71 bits per heavy atom. The van der Waals surface area contributed by atoms with Gasteiger partial charge in [-0.25, -0.2) is 0 Å². The average molecular weight is 244 g/mol. The Hall–Kier alpha value is -0.160. The molecule has 100 valence electrons. The highest BCUT2D eigenvalue weighted by atomic mass is 16.6. The van der Waals surface area contributed by atoms with Crippen LogP contribution in [0.3, 0.4) is 0 Å². The summed E-state index contributed by atoms with van der Waals surface area (Å²) in [5.41, 5.74) is 0.287. The summed E-state index contributed by atoms with van der Waals surface area (Å²) in [6.45, 7) is 9.43. The van der Waals surface area contributed by atoms with E-state index in [1.807, 2.05) is 0 Å². The van der Waals surface area contributed by atoms with E-state index >= 15 is 0 Å². The van der Waals surface area contributed by atoms with Gasteiger partial charge in [0.15, 0.2) is 0 Å². The van der Waals surface area contributed by atoms with Crippen LogP contribution in [0.2, 0.25) is 0 Å². The largest absolute Gasteiger partial charge is 0.379 e. The van der Waals surface area contributed by atoms with E-state index in [4.69, 9.17) is 18.9 Å². The molecule has 2 fully saturated rings. The van der Waals surface area contributed by atoms with E-state index in [1.54, 1.807) is 0 Å². The van der Waals surface area contributed by atoms with Crippen molar-refractivity contribution in [3.63, 3.8) is 0 Å². The van der Waals surface area contributed by atoms with Crippen LogP contribution in [0.1, 0.15) is 26.7 Å². The standard InChI is InChI=1S/C13H24O4/c1-13(2,3-5-14-7-11-9-16-11)4-6-15-8-12-10-17-12/h11-12H,3-10H2,1-2H3. The molecule has 0 spiro atoms. The Balaban J connectivity index is 1.43. The lowest BCUT2D eigenvalue weighted by atomic mass is 9.86. The molecule has 0 radical (unpaired) electrons. The van der Waals surface area contributed by atoms with Gasteiger partial charge in [0.2, 0.25) is 0 Å². The molecule has 4 heteroatoms. The van der Waals surface area contributed by atoms with Crippen LogP contribution in [-0.4, -0.2) is 51.8 Å². The van der Waals surface area contributed by atoms with Crippen LogP contribution in [0, 0.1) is 5.41 Å². The lowest BCUT2D eigenvalue weighted by Crippen LogP contribution is -2.18. The van der Waals surface area contributed by atoms with Gasteiger partial charge in [0.05, 0.1) is 26.4 Å². The zero-order valence-electron chi connectivity index (χ0n) is 10.9. The molecule has 2 rings (SSSR count). The van der Waals surface area contributed by atoms with Crippen molar-refractivity contribution in [2.24, 2.45) is 5.41 Å². The first-order valence-electron chi connectivity index (χ1n) is 6.54. The van der Waals surface area contributed by atoms with Gasteiger partial charge in [-0.2, -0.15) is 0 Å². The molecule has 2 unspecified atom stereocenters. The van der Waals surface area contributed by atoms with Crippen molar-refractivity contribution < 1.29 is 18.9 Å². The highest BCUT2D eigenvalue weighted by Gasteiger charge is 2.24. The van der Waals surface area contributed by atoms with Gasteiger partial charge in [0.25, 0.3) is 0 Å². The highest BCUT2D eigenvalue weighted by Crippen LogP contribution is 2.25. The van der Waals surface area contributed by atoms with E-state index in [9.17, 15) is 0 Å². The van der Waals surface area contributed by atoms with E-state index in [0.29, 0.717) is 12.2 Å². The zero-order chi connectivity index (χ0) is 12.1. The van der Waals surface area contributed by atoms with E-state index in [2.05, 4.69) is 13.8 Å². The van der Waals surface area contributed by atoms with Crippen LogP contribution in [-0.2, 0) is 18.9 Å². The number of rotatable bonds is 10. The summed E-state index contributed by atoms with van der Waals surface area (Å²) in [6, 6.07) is 0. The van der Waals surface area contributed by atoms with Crippen molar-refractivity contribution in [1.29, 1.82) is 0 Å². The molecule has 0 N–H and O–H groups in total. The van der Waals surface area contributed by atoms with Crippen molar-refractivity contribution in [2.75, 3.05) is 39.6 Å². The fourth-order valence-corrected chi connectivity index (χ4v) is 1.58. The second-order valence-electron chi connectivity index (χ2n) is 5.72. The van der Waals surface area contributed by atoms with Gasteiger partial charge in [0, 0.05) is 13.2 Å². The van der Waals surface area contributed by atoms with Crippen molar-refractivity contribution >= 4 is 0 Å². The molecule has 2 aliphatic heterocycles. The first-order chi connectivity index (χ1) is 8.16. The molecule has 2 atom stereocenters. The van der Waals surface area contributed by atoms with Crippen LogP contribution in [0.25, 0.3) is 0 Å². The minimum Gasteiger partial charge on any atom is -0.379 e. The molecule has 0 aromatic rings. The van der Waals surface area contributed by atoms with Crippen LogP contribution in [0.5, 0.6) is 0 Å². The molecule has 0 bridgehead atoms. The van der Waals surface area contributed by atoms with Crippen molar-refractivity contribution in [3.05, 3.63) is 0 Å². The van der Waals surface area contributed by atoms with Gasteiger partial charge >= 0.3 is 0 Å². The van der Waals surface area contributed by atoms with Gasteiger partial charge in [-0.05, 0) is 18.3 Å². The Kier molecular flexibility index (Phi) is 4.79. The molecule has 17 heavy (non-hydrogen) atoms. The molecule has 2 aliphatic rings. The number of epoxide rings is 2. The molecule has 0 amide bonds. The third kappa shape index (κ3) is 6.36. The monoisotopic (exact) mass is 244 g/mol. The Bertz CT molecular complexity index is 199. The molecule has 4 nitrogen and oxygen atoms in total. The first-order valence-corrected chi connectivity index (χ1v) is 6.54. The lowest BCUT2D eigenvalue weighted by Gasteiger charge is -2.24. The maximum Gasteiger partial charge on any atom is 0.104 e. The topological polar surface area (TPSA) is 43.5 Å². The maximum atomic E-state index is 5.56. The smallest absolute Gasteiger partial charge is 0.104 e. The average Bonchev–Trinajstić information content (AvgIpc) is 3.13. The van der Waals surface area contributed by atoms with Gasteiger partial charge in [0.1, 0.15) is 12.2 Å². The van der Waals surface area contributed by atoms with Gasteiger partial charge in [-0.3, -0.25) is 0 Å². The summed E-state index contributed by atoms with van der Waals surface area (Å²) >= 11 is 0. The summed E-state index contributed by atoms with van der Waals surface area (Å²) in [6.07, 6.45) is 2.89. The molecular formula is C13H24O4. The summed E-state index contributed by atoms with van der Waals surface area (Å²) in [4.78, 5) is 0. The zero-order valence-corrected chi connectivity index (χ0v) is 10.9. The normalized spacial score (nSPS) is 27.2. The SMILES string of the molecule is CC(C)(CCOCC1CO1)CCOCC1CO1. The van der Waals surface area contributed by atoms with Crippen LogP contribution in [0.15, 0.2) is 0 Å². The summed E-state index contributed by atoms with van der Waals surface area (Å²) in [5.74, 6) is 0. The molecular weight excluding hydrogens is 220 g/mol. The van der Waals surface area contributed by atoms with Crippen molar-refractivity contribution in [2.45, 2.75) is 38.9 Å². The second kappa shape index (κ2) is 6.14. The predicted octanol–water partition coefficient (Wildman–Crippen LogP) is 1.62. The van der Waals surface area contributed by atoms with Gasteiger partial charge in [-0.1, -0.05) is 13.8 Å². The Labute approximate surface area is 104 Å². The molecule has 0 aromatic heterocycles. The van der Waals surface area contributed by atoms with Crippen molar-refractivity contribution in [1.82, 2.24) is 0 Å². The van der Waals surface area contributed by atoms with Gasteiger partial charge in [-0.15, -0.1) is 0 Å². The summed E-state index contributed by atoms with van der Waals surface area (Å²) in [7, 11) is 0. The minimum atomic E-state index is 0.287.